The molecule has 112 valence electrons. The monoisotopic (exact) mass is 292 g/mol. The minimum absolute atomic E-state index is 0.0999. The molecule has 1 rings (SSSR count). The third kappa shape index (κ3) is 6.35. The smallest absolute Gasteiger partial charge is 0.235 e. The third-order valence-corrected chi connectivity index (χ3v) is 3.95. The van der Waals surface area contributed by atoms with Crippen molar-refractivity contribution >= 4 is 15.9 Å². The average molecular weight is 292 g/mol. The van der Waals surface area contributed by atoms with Gasteiger partial charge in [-0.3, -0.25) is 4.79 Å². The quantitative estimate of drug-likeness (QED) is 0.793. The van der Waals surface area contributed by atoms with Crippen molar-refractivity contribution in [2.45, 2.75) is 45.3 Å². The maximum Gasteiger partial charge on any atom is 0.235 e. The second-order valence-corrected chi connectivity index (χ2v) is 7.97. The summed E-state index contributed by atoms with van der Waals surface area (Å²) in [6, 6.07) is 0. The second kappa shape index (κ2) is 6.19. The van der Waals surface area contributed by atoms with E-state index >= 15 is 0 Å². The molecule has 0 spiro atoms. The van der Waals surface area contributed by atoms with Crippen LogP contribution in [0.5, 0.6) is 0 Å². The molecule has 1 unspecified atom stereocenters. The van der Waals surface area contributed by atoms with Gasteiger partial charge in [-0.25, -0.2) is 8.42 Å². The fraction of sp³-hybridized carbons (Fsp3) is 0.917. The molecule has 0 aromatic heterocycles. The van der Waals surface area contributed by atoms with E-state index < -0.39 is 10.0 Å². The minimum Gasteiger partial charge on any atom is -0.377 e. The summed E-state index contributed by atoms with van der Waals surface area (Å²) in [5.74, 6) is -0.295. The fourth-order valence-corrected chi connectivity index (χ4v) is 2.74. The third-order valence-electron chi connectivity index (χ3n) is 2.73. The largest absolute Gasteiger partial charge is 0.377 e. The predicted octanol–water partition coefficient (Wildman–Crippen LogP) is 0.342. The predicted molar refractivity (Wildman–Crippen MR) is 73.3 cm³/mol. The van der Waals surface area contributed by atoms with Crippen LogP contribution in [0.4, 0.5) is 0 Å². The Morgan fingerprint density at radius 3 is 2.47 bits per heavy atom. The first-order chi connectivity index (χ1) is 8.58. The molecule has 0 radical (unpaired) electrons. The Balaban J connectivity index is 2.62. The van der Waals surface area contributed by atoms with Gasteiger partial charge in [-0.05, 0) is 33.6 Å². The molecule has 6 nitrogen and oxygen atoms in total. The van der Waals surface area contributed by atoms with Crippen molar-refractivity contribution in [2.75, 3.05) is 26.0 Å². The standard InChI is InChI=1S/C12H24N2O4S/c1-12(2,3)13-11(15)9-14(19(4,16)17)8-10-6-5-7-18-10/h10H,5-9H2,1-4H3,(H,13,15). The number of ether oxygens (including phenoxy) is 1. The highest BCUT2D eigenvalue weighted by Crippen LogP contribution is 2.14. The zero-order chi connectivity index (χ0) is 14.7. The Labute approximate surface area is 115 Å². The first-order valence-electron chi connectivity index (χ1n) is 6.46. The summed E-state index contributed by atoms with van der Waals surface area (Å²) < 4.78 is 30.0. The maximum absolute atomic E-state index is 11.8. The van der Waals surface area contributed by atoms with Crippen molar-refractivity contribution < 1.29 is 17.9 Å². The van der Waals surface area contributed by atoms with Crippen LogP contribution in [-0.4, -0.2) is 56.2 Å². The number of carbonyl (C=O) groups is 1. The highest BCUT2D eigenvalue weighted by Gasteiger charge is 2.27. The number of hydrogen-bond acceptors (Lipinski definition) is 4. The van der Waals surface area contributed by atoms with Crippen LogP contribution in [-0.2, 0) is 19.6 Å². The molecular formula is C12H24N2O4S. The van der Waals surface area contributed by atoms with Crippen LogP contribution in [0.15, 0.2) is 0 Å². The van der Waals surface area contributed by atoms with Crippen LogP contribution < -0.4 is 5.32 Å². The highest BCUT2D eigenvalue weighted by molar-refractivity contribution is 7.88. The SMILES string of the molecule is CC(C)(C)NC(=O)CN(CC1CCCO1)S(C)(=O)=O. The van der Waals surface area contributed by atoms with Gasteiger partial charge in [0.25, 0.3) is 0 Å². The maximum atomic E-state index is 11.8. The topological polar surface area (TPSA) is 75.7 Å². The summed E-state index contributed by atoms with van der Waals surface area (Å²) in [5.41, 5.74) is -0.371. The Hall–Kier alpha value is -0.660. The summed E-state index contributed by atoms with van der Waals surface area (Å²) in [4.78, 5) is 11.8. The van der Waals surface area contributed by atoms with Gasteiger partial charge < -0.3 is 10.1 Å². The number of hydrogen-bond donors (Lipinski definition) is 1. The van der Waals surface area contributed by atoms with E-state index in [1.54, 1.807) is 0 Å². The van der Waals surface area contributed by atoms with E-state index in [0.29, 0.717) is 6.61 Å². The number of nitrogens with zero attached hydrogens (tertiary/aromatic N) is 1. The van der Waals surface area contributed by atoms with E-state index in [2.05, 4.69) is 5.32 Å². The Kier molecular flexibility index (Phi) is 5.34. The van der Waals surface area contributed by atoms with E-state index in [-0.39, 0.29) is 30.6 Å². The van der Waals surface area contributed by atoms with Crippen LogP contribution in [0.3, 0.4) is 0 Å². The molecule has 1 fully saturated rings. The molecule has 0 bridgehead atoms. The van der Waals surface area contributed by atoms with E-state index in [4.69, 9.17) is 4.74 Å². The Morgan fingerprint density at radius 1 is 1.42 bits per heavy atom. The van der Waals surface area contributed by atoms with E-state index in [1.165, 1.54) is 4.31 Å². The number of rotatable bonds is 5. The molecule has 0 aromatic rings. The molecule has 1 N–H and O–H groups in total. The van der Waals surface area contributed by atoms with Gasteiger partial charge in [-0.1, -0.05) is 0 Å². The number of carbonyl (C=O) groups excluding carboxylic acids is 1. The van der Waals surface area contributed by atoms with Gasteiger partial charge in [0.05, 0.1) is 18.9 Å². The molecule has 1 aliphatic rings. The van der Waals surface area contributed by atoms with Crippen LogP contribution in [0.2, 0.25) is 0 Å². The lowest BCUT2D eigenvalue weighted by molar-refractivity contribution is -0.122. The van der Waals surface area contributed by atoms with Crippen LogP contribution in [0.25, 0.3) is 0 Å². The number of amides is 1. The molecule has 1 heterocycles. The molecule has 7 heteroatoms. The van der Waals surface area contributed by atoms with Gasteiger partial charge in [0.15, 0.2) is 0 Å². The van der Waals surface area contributed by atoms with Gasteiger partial charge in [0, 0.05) is 18.7 Å². The summed E-state index contributed by atoms with van der Waals surface area (Å²) >= 11 is 0. The van der Waals surface area contributed by atoms with Crippen molar-refractivity contribution in [1.29, 1.82) is 0 Å². The minimum atomic E-state index is -3.41. The van der Waals surface area contributed by atoms with Crippen molar-refractivity contribution in [3.05, 3.63) is 0 Å². The molecule has 0 aliphatic carbocycles. The van der Waals surface area contributed by atoms with Gasteiger partial charge >= 0.3 is 0 Å². The van der Waals surface area contributed by atoms with Crippen molar-refractivity contribution in [1.82, 2.24) is 9.62 Å². The van der Waals surface area contributed by atoms with Crippen LogP contribution in [0, 0.1) is 0 Å². The molecule has 0 saturated carbocycles. The summed E-state index contributed by atoms with van der Waals surface area (Å²) in [6.45, 7) is 6.32. The van der Waals surface area contributed by atoms with Crippen LogP contribution in [0.1, 0.15) is 33.6 Å². The summed E-state index contributed by atoms with van der Waals surface area (Å²) in [7, 11) is -3.41. The number of sulfonamides is 1. The molecule has 19 heavy (non-hydrogen) atoms. The molecule has 1 aliphatic heterocycles. The Morgan fingerprint density at radius 2 is 2.05 bits per heavy atom. The Bertz CT molecular complexity index is 408. The van der Waals surface area contributed by atoms with Gasteiger partial charge in [-0.2, -0.15) is 4.31 Å². The zero-order valence-electron chi connectivity index (χ0n) is 12.1. The molecule has 1 saturated heterocycles. The highest BCUT2D eigenvalue weighted by atomic mass is 32.2. The first kappa shape index (κ1) is 16.4. The zero-order valence-corrected chi connectivity index (χ0v) is 12.9. The normalized spacial score (nSPS) is 20.8. The van der Waals surface area contributed by atoms with Crippen molar-refractivity contribution in [3.63, 3.8) is 0 Å². The van der Waals surface area contributed by atoms with Gasteiger partial charge in [0.1, 0.15) is 0 Å². The molecule has 1 amide bonds. The average Bonchev–Trinajstić information content (AvgIpc) is 2.64. The van der Waals surface area contributed by atoms with Crippen molar-refractivity contribution in [3.8, 4) is 0 Å². The van der Waals surface area contributed by atoms with Crippen LogP contribution >= 0.6 is 0 Å². The van der Waals surface area contributed by atoms with Crippen molar-refractivity contribution in [2.24, 2.45) is 0 Å². The lowest BCUT2D eigenvalue weighted by Gasteiger charge is -2.25. The fourth-order valence-electron chi connectivity index (χ4n) is 1.95. The van der Waals surface area contributed by atoms with E-state index in [9.17, 15) is 13.2 Å². The van der Waals surface area contributed by atoms with Gasteiger partial charge in [0.2, 0.25) is 15.9 Å². The lowest BCUT2D eigenvalue weighted by atomic mass is 10.1. The molecular weight excluding hydrogens is 268 g/mol. The van der Waals surface area contributed by atoms with Gasteiger partial charge in [-0.15, -0.1) is 0 Å². The lowest BCUT2D eigenvalue weighted by Crippen LogP contribution is -2.48. The number of nitrogens with one attached hydrogen (secondary N) is 1. The molecule has 0 aromatic carbocycles. The molecule has 1 atom stereocenters. The second-order valence-electron chi connectivity index (χ2n) is 5.99. The van der Waals surface area contributed by atoms with E-state index in [0.717, 1.165) is 19.1 Å². The van der Waals surface area contributed by atoms with E-state index in [1.807, 2.05) is 20.8 Å². The summed E-state index contributed by atoms with van der Waals surface area (Å²) in [5, 5.41) is 2.76. The first-order valence-corrected chi connectivity index (χ1v) is 8.30. The summed E-state index contributed by atoms with van der Waals surface area (Å²) in [6.07, 6.45) is 2.80.